The average Bonchev–Trinajstić information content (AvgIpc) is 2.29. The van der Waals surface area contributed by atoms with Crippen LogP contribution in [0, 0.1) is 11.3 Å². The van der Waals surface area contributed by atoms with Crippen LogP contribution in [0.1, 0.15) is 18.4 Å². The molecule has 0 radical (unpaired) electrons. The lowest BCUT2D eigenvalue weighted by Crippen LogP contribution is -2.43. The second kappa shape index (κ2) is 4.28. The lowest BCUT2D eigenvalue weighted by atomic mass is 10.1. The van der Waals surface area contributed by atoms with E-state index in [1.54, 1.807) is 18.3 Å². The molecule has 0 bridgehead atoms. The van der Waals surface area contributed by atoms with Crippen molar-refractivity contribution in [1.82, 2.24) is 4.98 Å². The Morgan fingerprint density at radius 1 is 1.60 bits per heavy atom. The van der Waals surface area contributed by atoms with E-state index in [1.165, 1.54) is 0 Å². The van der Waals surface area contributed by atoms with Crippen LogP contribution in [-0.2, 0) is 0 Å². The van der Waals surface area contributed by atoms with Crippen LogP contribution in [0.25, 0.3) is 0 Å². The molecule has 1 aliphatic rings. The van der Waals surface area contributed by atoms with E-state index >= 15 is 0 Å². The van der Waals surface area contributed by atoms with Crippen molar-refractivity contribution in [2.75, 3.05) is 18.0 Å². The van der Waals surface area contributed by atoms with Gasteiger partial charge >= 0.3 is 0 Å². The Bertz CT molecular complexity index is 382. The van der Waals surface area contributed by atoms with E-state index in [-0.39, 0.29) is 6.04 Å². The molecule has 1 fully saturated rings. The number of aromatic nitrogens is 1. The molecule has 15 heavy (non-hydrogen) atoms. The van der Waals surface area contributed by atoms with Gasteiger partial charge in [-0.2, -0.15) is 5.26 Å². The summed E-state index contributed by atoms with van der Waals surface area (Å²) in [5, 5.41) is 8.97. The maximum atomic E-state index is 8.97. The van der Waals surface area contributed by atoms with E-state index in [1.807, 2.05) is 0 Å². The highest BCUT2D eigenvalue weighted by Crippen LogP contribution is 2.20. The van der Waals surface area contributed by atoms with Gasteiger partial charge in [-0.15, -0.1) is 0 Å². The van der Waals surface area contributed by atoms with Gasteiger partial charge in [-0.25, -0.2) is 4.98 Å². The third-order valence-electron chi connectivity index (χ3n) is 2.66. The van der Waals surface area contributed by atoms with E-state index in [0.717, 1.165) is 31.7 Å². The number of hydrogen-bond donors (Lipinski definition) is 1. The second-order valence-corrected chi connectivity index (χ2v) is 3.83. The van der Waals surface area contributed by atoms with Gasteiger partial charge in [0.2, 0.25) is 0 Å². The van der Waals surface area contributed by atoms with Crippen LogP contribution in [-0.4, -0.2) is 24.1 Å². The van der Waals surface area contributed by atoms with Gasteiger partial charge < -0.3 is 10.6 Å². The Balaban J connectivity index is 2.25. The molecule has 4 heteroatoms. The molecule has 0 aromatic carbocycles. The SMILES string of the molecule is N#Cc1cccnc1N1CCC[C@H](N)C1. The highest BCUT2D eigenvalue weighted by molar-refractivity contribution is 5.53. The predicted molar refractivity (Wildman–Crippen MR) is 58.4 cm³/mol. The van der Waals surface area contributed by atoms with E-state index < -0.39 is 0 Å². The van der Waals surface area contributed by atoms with Crippen LogP contribution in [0.2, 0.25) is 0 Å². The molecule has 0 saturated carbocycles. The molecular weight excluding hydrogens is 188 g/mol. The van der Waals surface area contributed by atoms with Crippen molar-refractivity contribution in [1.29, 1.82) is 5.26 Å². The van der Waals surface area contributed by atoms with E-state index in [0.29, 0.717) is 5.56 Å². The normalized spacial score (nSPS) is 21.1. The minimum Gasteiger partial charge on any atom is -0.354 e. The zero-order chi connectivity index (χ0) is 10.7. The maximum absolute atomic E-state index is 8.97. The van der Waals surface area contributed by atoms with Crippen LogP contribution in [0.15, 0.2) is 18.3 Å². The van der Waals surface area contributed by atoms with E-state index in [9.17, 15) is 0 Å². The standard InChI is InChI=1S/C11H14N4/c12-7-9-3-1-5-14-11(9)15-6-2-4-10(13)8-15/h1,3,5,10H,2,4,6,8,13H2/t10-/m0/s1. The minimum absolute atomic E-state index is 0.201. The summed E-state index contributed by atoms with van der Waals surface area (Å²) in [5.41, 5.74) is 6.53. The van der Waals surface area contributed by atoms with Gasteiger partial charge in [0, 0.05) is 25.3 Å². The molecular formula is C11H14N4. The number of anilines is 1. The van der Waals surface area contributed by atoms with Crippen LogP contribution in [0.5, 0.6) is 0 Å². The van der Waals surface area contributed by atoms with Gasteiger partial charge in [0.1, 0.15) is 11.9 Å². The molecule has 0 amide bonds. The lowest BCUT2D eigenvalue weighted by Gasteiger charge is -2.32. The largest absolute Gasteiger partial charge is 0.354 e. The molecule has 2 N–H and O–H groups in total. The van der Waals surface area contributed by atoms with Crippen LogP contribution in [0.4, 0.5) is 5.82 Å². The lowest BCUT2D eigenvalue weighted by molar-refractivity contribution is 0.503. The number of rotatable bonds is 1. The zero-order valence-electron chi connectivity index (χ0n) is 8.56. The fourth-order valence-corrected chi connectivity index (χ4v) is 1.94. The molecule has 4 nitrogen and oxygen atoms in total. The summed E-state index contributed by atoms with van der Waals surface area (Å²) in [6.07, 6.45) is 3.85. The quantitative estimate of drug-likeness (QED) is 0.734. The van der Waals surface area contributed by atoms with Gasteiger partial charge in [-0.3, -0.25) is 0 Å². The first-order valence-electron chi connectivity index (χ1n) is 5.17. The number of nitriles is 1. The molecule has 0 aliphatic carbocycles. The third-order valence-corrected chi connectivity index (χ3v) is 2.66. The Kier molecular flexibility index (Phi) is 2.84. The van der Waals surface area contributed by atoms with Gasteiger partial charge in [-0.1, -0.05) is 0 Å². The second-order valence-electron chi connectivity index (χ2n) is 3.83. The van der Waals surface area contributed by atoms with Gasteiger partial charge in [0.05, 0.1) is 5.56 Å². The molecule has 1 saturated heterocycles. The smallest absolute Gasteiger partial charge is 0.146 e. The summed E-state index contributed by atoms with van der Waals surface area (Å²) in [6.45, 7) is 1.74. The van der Waals surface area contributed by atoms with Crippen LogP contribution < -0.4 is 10.6 Å². The van der Waals surface area contributed by atoms with Crippen molar-refractivity contribution in [3.63, 3.8) is 0 Å². The van der Waals surface area contributed by atoms with Crippen molar-refractivity contribution in [3.05, 3.63) is 23.9 Å². The maximum Gasteiger partial charge on any atom is 0.146 e. The van der Waals surface area contributed by atoms with E-state index in [2.05, 4.69) is 16.0 Å². The molecule has 1 aromatic heterocycles. The molecule has 0 spiro atoms. The summed E-state index contributed by atoms with van der Waals surface area (Å²) in [4.78, 5) is 6.36. The molecule has 1 atom stereocenters. The summed E-state index contributed by atoms with van der Waals surface area (Å²) in [5.74, 6) is 0.773. The molecule has 0 unspecified atom stereocenters. The average molecular weight is 202 g/mol. The van der Waals surface area contributed by atoms with Crippen molar-refractivity contribution in [2.45, 2.75) is 18.9 Å². The molecule has 2 rings (SSSR count). The predicted octanol–water partition coefficient (Wildman–Crippen LogP) is 0.881. The fourth-order valence-electron chi connectivity index (χ4n) is 1.94. The molecule has 2 heterocycles. The van der Waals surface area contributed by atoms with Gasteiger partial charge in [0.25, 0.3) is 0 Å². The number of nitrogens with two attached hydrogens (primary N) is 1. The van der Waals surface area contributed by atoms with Crippen molar-refractivity contribution >= 4 is 5.82 Å². The molecule has 78 valence electrons. The highest BCUT2D eigenvalue weighted by Gasteiger charge is 2.19. The highest BCUT2D eigenvalue weighted by atomic mass is 15.2. The Hall–Kier alpha value is -1.60. The number of piperidine rings is 1. The Labute approximate surface area is 89.3 Å². The summed E-state index contributed by atoms with van der Waals surface area (Å²) >= 11 is 0. The Morgan fingerprint density at radius 3 is 3.20 bits per heavy atom. The van der Waals surface area contributed by atoms with Gasteiger partial charge in [-0.05, 0) is 25.0 Å². The van der Waals surface area contributed by atoms with Crippen molar-refractivity contribution in [3.8, 4) is 6.07 Å². The zero-order valence-corrected chi connectivity index (χ0v) is 8.56. The molecule has 1 aliphatic heterocycles. The summed E-state index contributed by atoms with van der Waals surface area (Å²) in [7, 11) is 0. The number of pyridine rings is 1. The fraction of sp³-hybridized carbons (Fsp3) is 0.455. The first-order valence-corrected chi connectivity index (χ1v) is 5.17. The van der Waals surface area contributed by atoms with Crippen molar-refractivity contribution < 1.29 is 0 Å². The number of hydrogen-bond acceptors (Lipinski definition) is 4. The number of nitrogens with zero attached hydrogens (tertiary/aromatic N) is 3. The third kappa shape index (κ3) is 2.08. The van der Waals surface area contributed by atoms with Crippen LogP contribution in [0.3, 0.4) is 0 Å². The summed E-state index contributed by atoms with van der Waals surface area (Å²) in [6, 6.07) is 5.94. The first-order chi connectivity index (χ1) is 7.31. The van der Waals surface area contributed by atoms with E-state index in [4.69, 9.17) is 11.0 Å². The summed E-state index contributed by atoms with van der Waals surface area (Å²) < 4.78 is 0. The first kappa shape index (κ1) is 9.94. The Morgan fingerprint density at radius 2 is 2.47 bits per heavy atom. The van der Waals surface area contributed by atoms with Gasteiger partial charge in [0.15, 0.2) is 0 Å². The van der Waals surface area contributed by atoms with Crippen molar-refractivity contribution in [2.24, 2.45) is 5.73 Å². The molecule has 1 aromatic rings. The van der Waals surface area contributed by atoms with Crippen LogP contribution >= 0.6 is 0 Å². The topological polar surface area (TPSA) is 65.9 Å². The minimum atomic E-state index is 0.201. The monoisotopic (exact) mass is 202 g/mol.